The molecule has 1 aromatic heterocycles. The molecular formula is C15H27N5O. The first kappa shape index (κ1) is 16.0. The average molecular weight is 293 g/mol. The van der Waals surface area contributed by atoms with Crippen LogP contribution in [0.1, 0.15) is 37.2 Å². The Morgan fingerprint density at radius 3 is 2.76 bits per heavy atom. The highest BCUT2D eigenvalue weighted by molar-refractivity contribution is 5.92. The highest BCUT2D eigenvalue weighted by Gasteiger charge is 2.25. The maximum Gasteiger partial charge on any atom is 0.271 e. The lowest BCUT2D eigenvalue weighted by atomic mass is 10.0. The molecule has 3 N–H and O–H groups in total. The lowest BCUT2D eigenvalue weighted by Gasteiger charge is -2.30. The second-order valence-electron chi connectivity index (χ2n) is 6.05. The lowest BCUT2D eigenvalue weighted by molar-refractivity contribution is 0.0922. The minimum Gasteiger partial charge on any atom is -0.349 e. The van der Waals surface area contributed by atoms with Crippen LogP contribution in [-0.2, 0) is 6.54 Å². The van der Waals surface area contributed by atoms with Crippen LogP contribution in [-0.4, -0.2) is 52.6 Å². The molecule has 1 unspecified atom stereocenters. The van der Waals surface area contributed by atoms with Crippen molar-refractivity contribution in [3.8, 4) is 0 Å². The van der Waals surface area contributed by atoms with Crippen molar-refractivity contribution in [1.29, 1.82) is 0 Å². The van der Waals surface area contributed by atoms with Crippen LogP contribution in [0, 0.1) is 5.92 Å². The highest BCUT2D eigenvalue weighted by atomic mass is 16.1. The minimum atomic E-state index is -0.101. The summed E-state index contributed by atoms with van der Waals surface area (Å²) >= 11 is 0. The molecule has 1 atom stereocenters. The van der Waals surface area contributed by atoms with Crippen LogP contribution in [0.25, 0.3) is 0 Å². The first-order valence-corrected chi connectivity index (χ1v) is 7.86. The summed E-state index contributed by atoms with van der Waals surface area (Å²) in [5.41, 5.74) is 5.96. The van der Waals surface area contributed by atoms with E-state index in [-0.39, 0.29) is 5.91 Å². The Bertz CT molecular complexity index is 451. The fourth-order valence-corrected chi connectivity index (χ4v) is 2.90. The Morgan fingerprint density at radius 1 is 1.43 bits per heavy atom. The summed E-state index contributed by atoms with van der Waals surface area (Å²) in [6.07, 6.45) is 5.94. The molecule has 1 aliphatic heterocycles. The molecule has 6 heteroatoms. The standard InChI is InChI=1S/C15H27N5O/c1-12(2)14(20-6-3-4-7-20)9-17-15(21)13-10-19(8-5-16)11-18-13/h10-12,14H,3-9,16H2,1-2H3,(H,17,21). The molecule has 2 heterocycles. The van der Waals surface area contributed by atoms with Crippen molar-refractivity contribution in [2.45, 2.75) is 39.3 Å². The molecule has 0 aromatic carbocycles. The summed E-state index contributed by atoms with van der Waals surface area (Å²) in [5, 5.41) is 3.03. The van der Waals surface area contributed by atoms with Gasteiger partial charge in [0.05, 0.1) is 6.33 Å². The molecule has 0 saturated carbocycles. The van der Waals surface area contributed by atoms with Gasteiger partial charge in [0.15, 0.2) is 0 Å². The second-order valence-corrected chi connectivity index (χ2v) is 6.05. The number of hydrogen-bond donors (Lipinski definition) is 2. The van der Waals surface area contributed by atoms with Crippen LogP contribution in [0.4, 0.5) is 0 Å². The van der Waals surface area contributed by atoms with E-state index in [1.807, 2.05) is 4.57 Å². The van der Waals surface area contributed by atoms with Gasteiger partial charge in [0.2, 0.25) is 0 Å². The molecule has 0 aliphatic carbocycles. The molecule has 1 fully saturated rings. The Kier molecular flexibility index (Phi) is 5.76. The van der Waals surface area contributed by atoms with Crippen molar-refractivity contribution < 1.29 is 4.79 Å². The van der Waals surface area contributed by atoms with Crippen LogP contribution >= 0.6 is 0 Å². The second kappa shape index (κ2) is 7.56. The monoisotopic (exact) mass is 293 g/mol. The maximum absolute atomic E-state index is 12.2. The van der Waals surface area contributed by atoms with E-state index in [1.165, 1.54) is 12.8 Å². The van der Waals surface area contributed by atoms with Gasteiger partial charge in [0.25, 0.3) is 5.91 Å². The van der Waals surface area contributed by atoms with E-state index in [2.05, 4.69) is 29.0 Å². The van der Waals surface area contributed by atoms with Crippen LogP contribution in [0.5, 0.6) is 0 Å². The summed E-state index contributed by atoms with van der Waals surface area (Å²) in [5.74, 6) is 0.425. The Hall–Kier alpha value is -1.40. The molecule has 1 aliphatic rings. The van der Waals surface area contributed by atoms with Crippen molar-refractivity contribution in [2.75, 3.05) is 26.2 Å². The number of aromatic nitrogens is 2. The minimum absolute atomic E-state index is 0.101. The summed E-state index contributed by atoms with van der Waals surface area (Å²) < 4.78 is 1.84. The maximum atomic E-state index is 12.2. The normalized spacial score (nSPS) is 17.3. The first-order valence-electron chi connectivity index (χ1n) is 7.86. The number of hydrogen-bond acceptors (Lipinski definition) is 4. The van der Waals surface area contributed by atoms with Crippen molar-refractivity contribution >= 4 is 5.91 Å². The predicted molar refractivity (Wildman–Crippen MR) is 83.0 cm³/mol. The van der Waals surface area contributed by atoms with Crippen LogP contribution in [0.2, 0.25) is 0 Å². The summed E-state index contributed by atoms with van der Waals surface area (Å²) in [4.78, 5) is 18.8. The third-order valence-corrected chi connectivity index (χ3v) is 4.10. The Labute approximate surface area is 126 Å². The van der Waals surface area contributed by atoms with Crippen molar-refractivity contribution in [3.63, 3.8) is 0 Å². The molecule has 1 aromatic rings. The van der Waals surface area contributed by atoms with Gasteiger partial charge in [-0.2, -0.15) is 0 Å². The molecule has 21 heavy (non-hydrogen) atoms. The van der Waals surface area contributed by atoms with Crippen molar-refractivity contribution in [1.82, 2.24) is 19.8 Å². The third kappa shape index (κ3) is 4.28. The van der Waals surface area contributed by atoms with Crippen molar-refractivity contribution in [3.05, 3.63) is 18.2 Å². The van der Waals surface area contributed by atoms with E-state index >= 15 is 0 Å². The number of likely N-dealkylation sites (tertiary alicyclic amines) is 1. The van der Waals surface area contributed by atoms with Gasteiger partial charge in [-0.15, -0.1) is 0 Å². The van der Waals surface area contributed by atoms with Gasteiger partial charge in [-0.25, -0.2) is 4.98 Å². The zero-order chi connectivity index (χ0) is 15.2. The molecule has 2 rings (SSSR count). The average Bonchev–Trinajstić information content (AvgIpc) is 3.10. The molecule has 0 spiro atoms. The van der Waals surface area contributed by atoms with Gasteiger partial charge in [0.1, 0.15) is 5.69 Å². The number of carbonyl (C=O) groups excluding carboxylic acids is 1. The largest absolute Gasteiger partial charge is 0.349 e. The van der Waals surface area contributed by atoms with Crippen LogP contribution in [0.15, 0.2) is 12.5 Å². The SMILES string of the molecule is CC(C)C(CNC(=O)c1cn(CCN)cn1)N1CCCC1. The summed E-state index contributed by atoms with van der Waals surface area (Å²) in [6.45, 7) is 8.62. The number of rotatable bonds is 7. The zero-order valence-corrected chi connectivity index (χ0v) is 13.1. The van der Waals surface area contributed by atoms with E-state index in [0.29, 0.717) is 37.3 Å². The molecule has 1 saturated heterocycles. The van der Waals surface area contributed by atoms with Crippen LogP contribution < -0.4 is 11.1 Å². The number of nitrogens with one attached hydrogen (secondary N) is 1. The lowest BCUT2D eigenvalue weighted by Crippen LogP contribution is -2.45. The van der Waals surface area contributed by atoms with E-state index in [0.717, 1.165) is 13.1 Å². The van der Waals surface area contributed by atoms with E-state index in [9.17, 15) is 4.79 Å². The van der Waals surface area contributed by atoms with E-state index < -0.39 is 0 Å². The molecule has 118 valence electrons. The van der Waals surface area contributed by atoms with E-state index in [4.69, 9.17) is 5.73 Å². The van der Waals surface area contributed by atoms with E-state index in [1.54, 1.807) is 12.5 Å². The number of imidazole rings is 1. The Balaban J connectivity index is 1.88. The topological polar surface area (TPSA) is 76.2 Å². The summed E-state index contributed by atoms with van der Waals surface area (Å²) in [6, 6.07) is 0.405. The zero-order valence-electron chi connectivity index (χ0n) is 13.1. The van der Waals surface area contributed by atoms with Crippen LogP contribution in [0.3, 0.4) is 0 Å². The highest BCUT2D eigenvalue weighted by Crippen LogP contribution is 2.17. The fourth-order valence-electron chi connectivity index (χ4n) is 2.90. The predicted octanol–water partition coefficient (Wildman–Crippen LogP) is 0.692. The van der Waals surface area contributed by atoms with Gasteiger partial charge in [-0.3, -0.25) is 9.69 Å². The number of nitrogens with two attached hydrogens (primary N) is 1. The Morgan fingerprint density at radius 2 is 2.14 bits per heavy atom. The molecule has 6 nitrogen and oxygen atoms in total. The number of amides is 1. The van der Waals surface area contributed by atoms with Gasteiger partial charge < -0.3 is 15.6 Å². The van der Waals surface area contributed by atoms with Gasteiger partial charge >= 0.3 is 0 Å². The molecular weight excluding hydrogens is 266 g/mol. The van der Waals surface area contributed by atoms with Gasteiger partial charge in [-0.1, -0.05) is 13.8 Å². The first-order chi connectivity index (χ1) is 10.1. The fraction of sp³-hybridized carbons (Fsp3) is 0.733. The molecule has 0 radical (unpaired) electrons. The molecule has 1 amide bonds. The molecule has 0 bridgehead atoms. The summed E-state index contributed by atoms with van der Waals surface area (Å²) in [7, 11) is 0. The van der Waals surface area contributed by atoms with Gasteiger partial charge in [-0.05, 0) is 31.8 Å². The quantitative estimate of drug-likeness (QED) is 0.775. The smallest absolute Gasteiger partial charge is 0.271 e. The van der Waals surface area contributed by atoms with Crippen molar-refractivity contribution in [2.24, 2.45) is 11.7 Å². The number of carbonyl (C=O) groups is 1. The number of nitrogens with zero attached hydrogens (tertiary/aromatic N) is 3. The third-order valence-electron chi connectivity index (χ3n) is 4.10. The van der Waals surface area contributed by atoms with Gasteiger partial charge in [0, 0.05) is 31.9 Å².